The van der Waals surface area contributed by atoms with Gasteiger partial charge in [-0.2, -0.15) is 5.10 Å². The summed E-state index contributed by atoms with van der Waals surface area (Å²) >= 11 is 0. The normalized spacial score (nSPS) is 18.9. The predicted octanol–water partition coefficient (Wildman–Crippen LogP) is 3.40. The van der Waals surface area contributed by atoms with E-state index in [1.807, 2.05) is 0 Å². The number of halogens is 2. The van der Waals surface area contributed by atoms with Crippen molar-refractivity contribution in [2.75, 3.05) is 12.4 Å². The molecule has 1 aliphatic carbocycles. The lowest BCUT2D eigenvalue weighted by Crippen LogP contribution is -2.36. The fourth-order valence-electron chi connectivity index (χ4n) is 3.70. The second-order valence-corrected chi connectivity index (χ2v) is 7.85. The van der Waals surface area contributed by atoms with Crippen LogP contribution in [-0.2, 0) is 16.0 Å². The monoisotopic (exact) mass is 451 g/mol. The first kappa shape index (κ1) is 23.4. The molecule has 3 N–H and O–H groups in total. The summed E-state index contributed by atoms with van der Waals surface area (Å²) in [4.78, 5) is 28.2. The highest BCUT2D eigenvalue weighted by Crippen LogP contribution is 2.35. The molecule has 0 spiro atoms. The number of pyridine rings is 1. The Morgan fingerprint density at radius 2 is 2.12 bits per heavy atom. The second kappa shape index (κ2) is 10.9. The summed E-state index contributed by atoms with van der Waals surface area (Å²) in [6.07, 6.45) is -0.142. The topological polar surface area (TPSA) is 118 Å². The number of methoxy groups -OCH3 is 1. The van der Waals surface area contributed by atoms with Gasteiger partial charge < -0.3 is 20.1 Å². The standard InChI is InChI=1S/C21H27F2N5O4/c1-12(7-17(22)23)25-21(30)32-15-4-3-14(10-15)16-11-18(28-27-16)26-19(29)8-13-5-6-24-20(9-13)31-2/h5-6,9,11-12,14-15,17H,3-4,7-8,10H2,1-2H3,(H,25,30)(H2,26,27,28,29)/t12?,14-,15+/m0/s1. The van der Waals surface area contributed by atoms with Gasteiger partial charge in [-0.25, -0.2) is 18.6 Å². The number of aromatic amines is 1. The predicted molar refractivity (Wildman–Crippen MR) is 112 cm³/mol. The largest absolute Gasteiger partial charge is 0.481 e. The Balaban J connectivity index is 1.46. The highest BCUT2D eigenvalue weighted by molar-refractivity contribution is 5.91. The number of hydrogen-bond acceptors (Lipinski definition) is 6. The van der Waals surface area contributed by atoms with E-state index in [-0.39, 0.29) is 24.3 Å². The molecule has 0 aromatic carbocycles. The number of rotatable bonds is 9. The molecule has 0 saturated heterocycles. The smallest absolute Gasteiger partial charge is 0.407 e. The Hall–Kier alpha value is -3.24. The van der Waals surface area contributed by atoms with Gasteiger partial charge >= 0.3 is 6.09 Å². The zero-order chi connectivity index (χ0) is 23.1. The van der Waals surface area contributed by atoms with Crippen LogP contribution in [0.3, 0.4) is 0 Å². The maximum atomic E-state index is 12.4. The number of carbonyl (C=O) groups is 2. The number of nitrogens with one attached hydrogen (secondary N) is 3. The van der Waals surface area contributed by atoms with Crippen LogP contribution in [0.2, 0.25) is 0 Å². The van der Waals surface area contributed by atoms with Crippen molar-refractivity contribution >= 4 is 17.8 Å². The van der Waals surface area contributed by atoms with Crippen molar-refractivity contribution in [2.45, 2.75) is 63.5 Å². The second-order valence-electron chi connectivity index (χ2n) is 7.85. The lowest BCUT2D eigenvalue weighted by molar-refractivity contribution is -0.115. The van der Waals surface area contributed by atoms with E-state index < -0.39 is 25.0 Å². The van der Waals surface area contributed by atoms with Crippen LogP contribution < -0.4 is 15.4 Å². The lowest BCUT2D eigenvalue weighted by atomic mass is 10.0. The van der Waals surface area contributed by atoms with Crippen LogP contribution in [0.5, 0.6) is 5.88 Å². The van der Waals surface area contributed by atoms with Gasteiger partial charge in [-0.05, 0) is 37.8 Å². The van der Waals surface area contributed by atoms with Gasteiger partial charge in [-0.3, -0.25) is 9.89 Å². The number of alkyl halides is 2. The van der Waals surface area contributed by atoms with Crippen molar-refractivity contribution in [3.05, 3.63) is 35.7 Å². The minimum Gasteiger partial charge on any atom is -0.481 e. The van der Waals surface area contributed by atoms with E-state index in [2.05, 4.69) is 25.8 Å². The number of nitrogens with zero attached hydrogens (tertiary/aromatic N) is 2. The Morgan fingerprint density at radius 1 is 1.31 bits per heavy atom. The zero-order valence-corrected chi connectivity index (χ0v) is 17.9. The Labute approximate surface area is 184 Å². The van der Waals surface area contributed by atoms with Crippen molar-refractivity contribution in [3.8, 4) is 5.88 Å². The van der Waals surface area contributed by atoms with Gasteiger partial charge in [0.15, 0.2) is 5.82 Å². The molecule has 0 bridgehead atoms. The van der Waals surface area contributed by atoms with E-state index in [1.54, 1.807) is 24.4 Å². The summed E-state index contributed by atoms with van der Waals surface area (Å²) in [5.41, 5.74) is 1.60. The molecule has 32 heavy (non-hydrogen) atoms. The molecule has 0 aliphatic heterocycles. The first-order chi connectivity index (χ1) is 15.3. The summed E-state index contributed by atoms with van der Waals surface area (Å²) in [6, 6.07) is 4.54. The van der Waals surface area contributed by atoms with E-state index in [9.17, 15) is 18.4 Å². The number of H-pyrrole nitrogens is 1. The van der Waals surface area contributed by atoms with Crippen LogP contribution in [0.4, 0.5) is 19.4 Å². The number of hydrogen-bond donors (Lipinski definition) is 3. The summed E-state index contributed by atoms with van der Waals surface area (Å²) in [7, 11) is 1.51. The fraction of sp³-hybridized carbons (Fsp3) is 0.524. The third kappa shape index (κ3) is 6.89. The molecule has 2 aromatic rings. The maximum absolute atomic E-state index is 12.4. The molecular formula is C21H27F2N5O4. The highest BCUT2D eigenvalue weighted by Gasteiger charge is 2.30. The molecular weight excluding hydrogens is 424 g/mol. The molecule has 2 aromatic heterocycles. The van der Waals surface area contributed by atoms with Gasteiger partial charge in [0.25, 0.3) is 0 Å². The molecule has 3 atom stereocenters. The van der Waals surface area contributed by atoms with Gasteiger partial charge in [0.1, 0.15) is 6.10 Å². The van der Waals surface area contributed by atoms with Crippen LogP contribution in [0.15, 0.2) is 24.4 Å². The molecule has 1 saturated carbocycles. The summed E-state index contributed by atoms with van der Waals surface area (Å²) in [5, 5.41) is 12.3. The van der Waals surface area contributed by atoms with Gasteiger partial charge in [0, 0.05) is 42.4 Å². The molecule has 3 rings (SSSR count). The number of carbonyl (C=O) groups excluding carboxylic acids is 2. The van der Waals surface area contributed by atoms with Crippen molar-refractivity contribution < 1.29 is 27.8 Å². The van der Waals surface area contributed by atoms with Crippen LogP contribution in [0.1, 0.15) is 49.8 Å². The van der Waals surface area contributed by atoms with Gasteiger partial charge in [-0.15, -0.1) is 0 Å². The molecule has 11 heteroatoms. The van der Waals surface area contributed by atoms with Crippen molar-refractivity contribution in [1.82, 2.24) is 20.5 Å². The third-order valence-electron chi connectivity index (χ3n) is 5.23. The number of alkyl carbamates (subject to hydrolysis) is 1. The minimum atomic E-state index is -2.48. The van der Waals surface area contributed by atoms with Crippen molar-refractivity contribution in [2.24, 2.45) is 0 Å². The van der Waals surface area contributed by atoms with Crippen molar-refractivity contribution in [3.63, 3.8) is 0 Å². The number of amides is 2. The SMILES string of the molecule is COc1cc(CC(=O)Nc2cc([C@H]3CC[C@@H](OC(=O)NC(C)CC(F)F)C3)[nH]n2)ccn1. The first-order valence-electron chi connectivity index (χ1n) is 10.4. The third-order valence-corrected chi connectivity index (χ3v) is 5.23. The Bertz CT molecular complexity index is 923. The Kier molecular flexibility index (Phi) is 7.96. The Morgan fingerprint density at radius 3 is 2.88 bits per heavy atom. The van der Waals surface area contributed by atoms with Gasteiger partial charge in [0.05, 0.1) is 13.5 Å². The number of aromatic nitrogens is 3. The molecule has 1 fully saturated rings. The molecule has 1 unspecified atom stereocenters. The van der Waals surface area contributed by atoms with E-state index >= 15 is 0 Å². The average molecular weight is 451 g/mol. The quantitative estimate of drug-likeness (QED) is 0.538. The molecule has 1 aliphatic rings. The maximum Gasteiger partial charge on any atom is 0.407 e. The number of ether oxygens (including phenoxy) is 2. The molecule has 2 heterocycles. The van der Waals surface area contributed by atoms with Gasteiger partial charge in [-0.1, -0.05) is 0 Å². The van der Waals surface area contributed by atoms with Crippen LogP contribution in [-0.4, -0.2) is 52.9 Å². The fourth-order valence-corrected chi connectivity index (χ4v) is 3.70. The van der Waals surface area contributed by atoms with Crippen LogP contribution >= 0.6 is 0 Å². The van der Waals surface area contributed by atoms with Crippen LogP contribution in [0, 0.1) is 0 Å². The number of anilines is 1. The van der Waals surface area contributed by atoms with E-state index in [0.29, 0.717) is 24.5 Å². The summed E-state index contributed by atoms with van der Waals surface area (Å²) in [5.74, 6) is 0.717. The van der Waals surface area contributed by atoms with Crippen LogP contribution in [0.25, 0.3) is 0 Å². The highest BCUT2D eigenvalue weighted by atomic mass is 19.3. The summed E-state index contributed by atoms with van der Waals surface area (Å²) in [6.45, 7) is 1.51. The molecule has 174 valence electrons. The van der Waals surface area contributed by atoms with Crippen molar-refractivity contribution in [1.29, 1.82) is 0 Å². The van der Waals surface area contributed by atoms with E-state index in [1.165, 1.54) is 14.0 Å². The van der Waals surface area contributed by atoms with Gasteiger partial charge in [0.2, 0.25) is 18.2 Å². The molecule has 2 amide bonds. The molecule has 0 radical (unpaired) electrons. The average Bonchev–Trinajstić information content (AvgIpc) is 3.36. The van der Waals surface area contributed by atoms with E-state index in [0.717, 1.165) is 17.7 Å². The first-order valence-corrected chi connectivity index (χ1v) is 10.4. The minimum absolute atomic E-state index is 0.0916. The summed E-state index contributed by atoms with van der Waals surface area (Å²) < 4.78 is 35.1. The zero-order valence-electron chi connectivity index (χ0n) is 17.9. The molecule has 9 nitrogen and oxygen atoms in total. The lowest BCUT2D eigenvalue weighted by Gasteiger charge is -2.16. The van der Waals surface area contributed by atoms with E-state index in [4.69, 9.17) is 9.47 Å².